The number of nitrogens with zero attached hydrogens (tertiary/aromatic N) is 2. The summed E-state index contributed by atoms with van der Waals surface area (Å²) in [5.74, 6) is -0.246. The molecule has 1 aliphatic heterocycles. The summed E-state index contributed by atoms with van der Waals surface area (Å²) in [5.41, 5.74) is 0.891. The molecule has 21 heavy (non-hydrogen) atoms. The molecular weight excluding hydrogens is 269 g/mol. The monoisotopic (exact) mass is 289 g/mol. The molecule has 1 atom stereocenters. The molecule has 0 radical (unpaired) electrons. The SMILES string of the molecule is N#CCCN1CCCC(C(=O)NCc2ccc(F)cc2)C1. The molecule has 1 aromatic carbocycles. The Morgan fingerprint density at radius 1 is 1.43 bits per heavy atom. The van der Waals surface area contributed by atoms with Gasteiger partial charge in [-0.05, 0) is 37.1 Å². The van der Waals surface area contributed by atoms with Crippen molar-refractivity contribution < 1.29 is 9.18 Å². The van der Waals surface area contributed by atoms with Crippen molar-refractivity contribution >= 4 is 5.91 Å². The van der Waals surface area contributed by atoms with Crippen LogP contribution in [0.1, 0.15) is 24.8 Å². The number of benzene rings is 1. The summed E-state index contributed by atoms with van der Waals surface area (Å²) in [4.78, 5) is 14.4. The Balaban J connectivity index is 1.79. The summed E-state index contributed by atoms with van der Waals surface area (Å²) in [6.07, 6.45) is 2.38. The number of carbonyl (C=O) groups excluding carboxylic acids is 1. The summed E-state index contributed by atoms with van der Waals surface area (Å²) in [6, 6.07) is 8.28. The van der Waals surface area contributed by atoms with E-state index in [2.05, 4.69) is 16.3 Å². The predicted molar refractivity (Wildman–Crippen MR) is 77.6 cm³/mol. The normalized spacial score (nSPS) is 19.0. The van der Waals surface area contributed by atoms with Gasteiger partial charge < -0.3 is 10.2 Å². The highest BCUT2D eigenvalue weighted by Crippen LogP contribution is 2.17. The second-order valence-electron chi connectivity index (χ2n) is 5.39. The van der Waals surface area contributed by atoms with Gasteiger partial charge in [-0.1, -0.05) is 12.1 Å². The topological polar surface area (TPSA) is 56.1 Å². The fourth-order valence-corrected chi connectivity index (χ4v) is 2.62. The number of halogens is 1. The molecule has 1 fully saturated rings. The number of carbonyl (C=O) groups is 1. The summed E-state index contributed by atoms with van der Waals surface area (Å²) in [6.45, 7) is 2.84. The zero-order valence-electron chi connectivity index (χ0n) is 12.0. The molecule has 0 spiro atoms. The standard InChI is InChI=1S/C16H20FN3O/c17-15-6-4-13(5-7-15)11-19-16(21)14-3-1-9-20(12-14)10-2-8-18/h4-7,14H,1-3,9-12H2,(H,19,21). The maximum Gasteiger partial charge on any atom is 0.224 e. The fraction of sp³-hybridized carbons (Fsp3) is 0.500. The van der Waals surface area contributed by atoms with Crippen molar-refractivity contribution in [2.24, 2.45) is 5.92 Å². The minimum absolute atomic E-state index is 0.0158. The van der Waals surface area contributed by atoms with Crippen LogP contribution in [-0.4, -0.2) is 30.4 Å². The molecule has 1 aromatic rings. The Morgan fingerprint density at radius 2 is 2.19 bits per heavy atom. The van der Waals surface area contributed by atoms with Crippen LogP contribution in [0, 0.1) is 23.1 Å². The van der Waals surface area contributed by atoms with Gasteiger partial charge in [0.25, 0.3) is 0 Å². The van der Waals surface area contributed by atoms with Gasteiger partial charge in [0.15, 0.2) is 0 Å². The lowest BCUT2D eigenvalue weighted by molar-refractivity contribution is -0.126. The smallest absolute Gasteiger partial charge is 0.224 e. The van der Waals surface area contributed by atoms with Crippen molar-refractivity contribution in [1.82, 2.24) is 10.2 Å². The van der Waals surface area contributed by atoms with Crippen LogP contribution in [-0.2, 0) is 11.3 Å². The third-order valence-corrected chi connectivity index (χ3v) is 3.80. The van der Waals surface area contributed by atoms with Gasteiger partial charge in [0.1, 0.15) is 5.82 Å². The highest BCUT2D eigenvalue weighted by atomic mass is 19.1. The highest BCUT2D eigenvalue weighted by molar-refractivity contribution is 5.78. The van der Waals surface area contributed by atoms with Crippen molar-refractivity contribution in [3.8, 4) is 6.07 Å². The van der Waals surface area contributed by atoms with Gasteiger partial charge in [0, 0.05) is 26.1 Å². The lowest BCUT2D eigenvalue weighted by Gasteiger charge is -2.31. The van der Waals surface area contributed by atoms with Gasteiger partial charge in [-0.3, -0.25) is 4.79 Å². The lowest BCUT2D eigenvalue weighted by Crippen LogP contribution is -2.43. The highest BCUT2D eigenvalue weighted by Gasteiger charge is 2.25. The summed E-state index contributed by atoms with van der Waals surface area (Å²) >= 11 is 0. The van der Waals surface area contributed by atoms with Crippen LogP contribution in [0.3, 0.4) is 0 Å². The number of hydrogen-bond donors (Lipinski definition) is 1. The van der Waals surface area contributed by atoms with E-state index in [0.29, 0.717) is 13.0 Å². The van der Waals surface area contributed by atoms with E-state index in [1.165, 1.54) is 12.1 Å². The molecule has 1 aliphatic rings. The second kappa shape index (κ2) is 7.75. The van der Waals surface area contributed by atoms with E-state index in [9.17, 15) is 9.18 Å². The van der Waals surface area contributed by atoms with E-state index in [1.54, 1.807) is 12.1 Å². The maximum absolute atomic E-state index is 12.8. The maximum atomic E-state index is 12.8. The lowest BCUT2D eigenvalue weighted by atomic mass is 9.97. The molecule has 4 nitrogen and oxygen atoms in total. The van der Waals surface area contributed by atoms with Crippen LogP contribution < -0.4 is 5.32 Å². The Labute approximate surface area is 124 Å². The third-order valence-electron chi connectivity index (χ3n) is 3.80. The average Bonchev–Trinajstić information content (AvgIpc) is 2.52. The van der Waals surface area contributed by atoms with E-state index in [0.717, 1.165) is 38.0 Å². The zero-order valence-corrected chi connectivity index (χ0v) is 12.0. The first-order chi connectivity index (χ1) is 10.2. The Kier molecular flexibility index (Phi) is 5.70. The van der Waals surface area contributed by atoms with Gasteiger partial charge >= 0.3 is 0 Å². The van der Waals surface area contributed by atoms with Crippen molar-refractivity contribution in [3.63, 3.8) is 0 Å². The van der Waals surface area contributed by atoms with E-state index in [-0.39, 0.29) is 17.6 Å². The number of hydrogen-bond acceptors (Lipinski definition) is 3. The largest absolute Gasteiger partial charge is 0.352 e. The van der Waals surface area contributed by atoms with Crippen LogP contribution in [0.15, 0.2) is 24.3 Å². The molecule has 2 rings (SSSR count). The van der Waals surface area contributed by atoms with Crippen molar-refractivity contribution in [2.45, 2.75) is 25.8 Å². The average molecular weight is 289 g/mol. The Bertz CT molecular complexity index is 509. The Hall–Kier alpha value is -1.93. The third kappa shape index (κ3) is 4.83. The molecule has 1 unspecified atom stereocenters. The molecule has 0 bridgehead atoms. The van der Waals surface area contributed by atoms with Crippen LogP contribution in [0.25, 0.3) is 0 Å². The van der Waals surface area contributed by atoms with E-state index >= 15 is 0 Å². The van der Waals surface area contributed by atoms with Gasteiger partial charge in [-0.25, -0.2) is 4.39 Å². The van der Waals surface area contributed by atoms with E-state index < -0.39 is 0 Å². The summed E-state index contributed by atoms with van der Waals surface area (Å²) in [5, 5.41) is 11.5. The first kappa shape index (κ1) is 15.5. The number of amides is 1. The molecule has 5 heteroatoms. The predicted octanol–water partition coefficient (Wildman–Crippen LogP) is 2.07. The number of nitriles is 1. The number of likely N-dealkylation sites (tertiary alicyclic amines) is 1. The molecular formula is C16H20FN3O. The quantitative estimate of drug-likeness (QED) is 0.903. The molecule has 112 valence electrons. The van der Waals surface area contributed by atoms with Crippen LogP contribution >= 0.6 is 0 Å². The van der Waals surface area contributed by atoms with Crippen LogP contribution in [0.4, 0.5) is 4.39 Å². The van der Waals surface area contributed by atoms with E-state index in [1.807, 2.05) is 0 Å². The zero-order chi connectivity index (χ0) is 15.1. The molecule has 1 N–H and O–H groups in total. The van der Waals surface area contributed by atoms with Gasteiger partial charge in [-0.2, -0.15) is 5.26 Å². The van der Waals surface area contributed by atoms with Gasteiger partial charge in [0.2, 0.25) is 5.91 Å². The summed E-state index contributed by atoms with van der Waals surface area (Å²) in [7, 11) is 0. The first-order valence-corrected chi connectivity index (χ1v) is 7.30. The van der Waals surface area contributed by atoms with Gasteiger partial charge in [-0.15, -0.1) is 0 Å². The molecule has 1 saturated heterocycles. The Morgan fingerprint density at radius 3 is 2.90 bits per heavy atom. The van der Waals surface area contributed by atoms with Crippen molar-refractivity contribution in [3.05, 3.63) is 35.6 Å². The van der Waals surface area contributed by atoms with Crippen LogP contribution in [0.2, 0.25) is 0 Å². The molecule has 1 heterocycles. The minimum atomic E-state index is -0.273. The number of piperidine rings is 1. The van der Waals surface area contributed by atoms with Crippen molar-refractivity contribution in [2.75, 3.05) is 19.6 Å². The first-order valence-electron chi connectivity index (χ1n) is 7.30. The fourth-order valence-electron chi connectivity index (χ4n) is 2.62. The molecule has 0 aliphatic carbocycles. The molecule has 0 aromatic heterocycles. The summed E-state index contributed by atoms with van der Waals surface area (Å²) < 4.78 is 12.8. The molecule has 0 saturated carbocycles. The minimum Gasteiger partial charge on any atom is -0.352 e. The van der Waals surface area contributed by atoms with Gasteiger partial charge in [0.05, 0.1) is 12.0 Å². The number of nitrogens with one attached hydrogen (secondary N) is 1. The second-order valence-corrected chi connectivity index (χ2v) is 5.39. The van der Waals surface area contributed by atoms with E-state index in [4.69, 9.17) is 5.26 Å². The molecule has 1 amide bonds. The van der Waals surface area contributed by atoms with Crippen LogP contribution in [0.5, 0.6) is 0 Å². The number of rotatable bonds is 5. The van der Waals surface area contributed by atoms with Crippen molar-refractivity contribution in [1.29, 1.82) is 5.26 Å².